The number of benzene rings is 1. The fraction of sp³-hybridized carbons (Fsp3) is 0.462. The van der Waals surface area contributed by atoms with Crippen LogP contribution >= 0.6 is 11.8 Å². The molecule has 1 unspecified atom stereocenters. The van der Waals surface area contributed by atoms with Gasteiger partial charge in [0.1, 0.15) is 0 Å². The van der Waals surface area contributed by atoms with Crippen molar-refractivity contribution in [1.82, 2.24) is 5.32 Å². The molecule has 1 aromatic rings. The second-order valence-corrected chi connectivity index (χ2v) is 5.78. The number of nitrogens with zero attached hydrogens (tertiary/aromatic N) is 1. The monoisotopic (exact) mass is 251 g/mol. The molecule has 94 valence electrons. The fourth-order valence-electron chi connectivity index (χ4n) is 1.34. The maximum absolute atomic E-state index is 5.75. The molecule has 0 saturated heterocycles. The van der Waals surface area contributed by atoms with Gasteiger partial charge in [-0.25, -0.2) is 0 Å². The van der Waals surface area contributed by atoms with Crippen molar-refractivity contribution in [2.45, 2.75) is 37.0 Å². The Morgan fingerprint density at radius 1 is 1.29 bits per heavy atom. The highest BCUT2D eigenvalue weighted by Gasteiger charge is 2.03. The largest absolute Gasteiger partial charge is 0.370 e. The SMILES string of the molecule is CC(C)NC(N)=NCC(C)Sc1ccccc1. The summed E-state index contributed by atoms with van der Waals surface area (Å²) in [5.41, 5.74) is 5.75. The van der Waals surface area contributed by atoms with Crippen LogP contribution in [0.5, 0.6) is 0 Å². The van der Waals surface area contributed by atoms with E-state index in [1.807, 2.05) is 43.8 Å². The molecule has 0 aliphatic heterocycles. The van der Waals surface area contributed by atoms with Gasteiger partial charge in [0.15, 0.2) is 5.96 Å². The summed E-state index contributed by atoms with van der Waals surface area (Å²) in [6.45, 7) is 6.98. The van der Waals surface area contributed by atoms with Gasteiger partial charge in [-0.15, -0.1) is 11.8 Å². The van der Waals surface area contributed by atoms with Gasteiger partial charge in [0.25, 0.3) is 0 Å². The standard InChI is InChI=1S/C13H21N3S/c1-10(2)16-13(14)15-9-11(3)17-12-7-5-4-6-8-12/h4-8,10-11H,9H2,1-3H3,(H3,14,15,16). The first-order chi connectivity index (χ1) is 8.08. The summed E-state index contributed by atoms with van der Waals surface area (Å²) in [5, 5.41) is 3.50. The molecule has 0 amide bonds. The highest BCUT2D eigenvalue weighted by Crippen LogP contribution is 2.22. The van der Waals surface area contributed by atoms with Crippen LogP contribution in [0.4, 0.5) is 0 Å². The number of hydrogen-bond acceptors (Lipinski definition) is 2. The number of nitrogens with one attached hydrogen (secondary N) is 1. The van der Waals surface area contributed by atoms with Gasteiger partial charge in [-0.05, 0) is 26.0 Å². The molecule has 1 aromatic carbocycles. The van der Waals surface area contributed by atoms with Gasteiger partial charge in [-0.3, -0.25) is 4.99 Å². The lowest BCUT2D eigenvalue weighted by atomic mass is 10.4. The first-order valence-electron chi connectivity index (χ1n) is 5.86. The van der Waals surface area contributed by atoms with Gasteiger partial charge in [-0.1, -0.05) is 25.1 Å². The predicted molar refractivity (Wildman–Crippen MR) is 76.5 cm³/mol. The molecular formula is C13H21N3S. The third-order valence-corrected chi connectivity index (χ3v) is 3.13. The van der Waals surface area contributed by atoms with E-state index in [1.54, 1.807) is 0 Å². The first kappa shape index (κ1) is 13.9. The zero-order valence-corrected chi connectivity index (χ0v) is 11.5. The van der Waals surface area contributed by atoms with Crippen LogP contribution < -0.4 is 11.1 Å². The average molecular weight is 251 g/mol. The number of guanidine groups is 1. The topological polar surface area (TPSA) is 50.4 Å². The van der Waals surface area contributed by atoms with Gasteiger partial charge in [0.2, 0.25) is 0 Å². The molecule has 1 atom stereocenters. The molecule has 3 N–H and O–H groups in total. The summed E-state index contributed by atoms with van der Waals surface area (Å²) >= 11 is 1.81. The van der Waals surface area contributed by atoms with Gasteiger partial charge in [0, 0.05) is 16.2 Å². The summed E-state index contributed by atoms with van der Waals surface area (Å²) in [6.07, 6.45) is 0. The van der Waals surface area contributed by atoms with Crippen molar-refractivity contribution < 1.29 is 0 Å². The highest BCUT2D eigenvalue weighted by atomic mass is 32.2. The quantitative estimate of drug-likeness (QED) is 0.480. The van der Waals surface area contributed by atoms with Gasteiger partial charge in [0.05, 0.1) is 6.54 Å². The van der Waals surface area contributed by atoms with Crippen molar-refractivity contribution in [3.05, 3.63) is 30.3 Å². The van der Waals surface area contributed by atoms with E-state index in [1.165, 1.54) is 4.90 Å². The zero-order chi connectivity index (χ0) is 12.7. The lowest BCUT2D eigenvalue weighted by Crippen LogP contribution is -2.37. The Kier molecular flexibility index (Phi) is 5.91. The van der Waals surface area contributed by atoms with Crippen LogP contribution in [0.1, 0.15) is 20.8 Å². The molecule has 0 heterocycles. The van der Waals surface area contributed by atoms with Gasteiger partial charge >= 0.3 is 0 Å². The summed E-state index contributed by atoms with van der Waals surface area (Å²) < 4.78 is 0. The van der Waals surface area contributed by atoms with Crippen molar-refractivity contribution in [2.75, 3.05) is 6.54 Å². The molecule has 0 aliphatic carbocycles. The second kappa shape index (κ2) is 7.22. The van der Waals surface area contributed by atoms with Crippen LogP contribution in [0.3, 0.4) is 0 Å². The van der Waals surface area contributed by atoms with E-state index >= 15 is 0 Å². The smallest absolute Gasteiger partial charge is 0.188 e. The lowest BCUT2D eigenvalue weighted by Gasteiger charge is -2.11. The maximum atomic E-state index is 5.75. The normalized spacial score (nSPS) is 13.8. The Hall–Kier alpha value is -1.16. The number of nitrogens with two attached hydrogens (primary N) is 1. The van der Waals surface area contributed by atoms with Gasteiger partial charge in [-0.2, -0.15) is 0 Å². The molecule has 0 aliphatic rings. The third-order valence-electron chi connectivity index (χ3n) is 2.04. The van der Waals surface area contributed by atoms with Crippen LogP contribution in [-0.2, 0) is 0 Å². The minimum Gasteiger partial charge on any atom is -0.370 e. The molecule has 0 aromatic heterocycles. The summed E-state index contributed by atoms with van der Waals surface area (Å²) in [6, 6.07) is 10.7. The summed E-state index contributed by atoms with van der Waals surface area (Å²) in [5.74, 6) is 0.528. The van der Waals surface area contributed by atoms with Crippen molar-refractivity contribution in [2.24, 2.45) is 10.7 Å². The van der Waals surface area contributed by atoms with E-state index in [0.717, 1.165) is 6.54 Å². The zero-order valence-electron chi connectivity index (χ0n) is 10.7. The second-order valence-electron chi connectivity index (χ2n) is 4.27. The predicted octanol–water partition coefficient (Wildman–Crippen LogP) is 2.48. The Labute approximate surface area is 108 Å². The van der Waals surface area contributed by atoms with Crippen LogP contribution in [0.15, 0.2) is 40.2 Å². The van der Waals surface area contributed by atoms with Crippen molar-refractivity contribution in [3.63, 3.8) is 0 Å². The lowest BCUT2D eigenvalue weighted by molar-refractivity contribution is 0.723. The molecule has 0 bridgehead atoms. The molecule has 1 rings (SSSR count). The highest BCUT2D eigenvalue weighted by molar-refractivity contribution is 8.00. The Morgan fingerprint density at radius 3 is 2.53 bits per heavy atom. The van der Waals surface area contributed by atoms with Gasteiger partial charge < -0.3 is 11.1 Å². The Morgan fingerprint density at radius 2 is 1.94 bits per heavy atom. The van der Waals surface area contributed by atoms with Crippen LogP contribution in [0.2, 0.25) is 0 Å². The molecule has 0 fully saturated rings. The fourth-order valence-corrected chi connectivity index (χ4v) is 2.26. The molecule has 0 spiro atoms. The van der Waals surface area contributed by atoms with E-state index in [-0.39, 0.29) is 0 Å². The number of rotatable bonds is 5. The third kappa shape index (κ3) is 6.22. The van der Waals surface area contributed by atoms with Crippen molar-refractivity contribution >= 4 is 17.7 Å². The Bertz CT molecular complexity index is 349. The Balaban J connectivity index is 2.37. The minimum absolute atomic E-state index is 0.329. The number of thioether (sulfide) groups is 1. The van der Waals surface area contributed by atoms with E-state index in [9.17, 15) is 0 Å². The van der Waals surface area contributed by atoms with Crippen LogP contribution in [-0.4, -0.2) is 23.8 Å². The average Bonchev–Trinajstić information content (AvgIpc) is 2.27. The van der Waals surface area contributed by atoms with Crippen molar-refractivity contribution in [3.8, 4) is 0 Å². The summed E-state index contributed by atoms with van der Waals surface area (Å²) in [4.78, 5) is 5.59. The summed E-state index contributed by atoms with van der Waals surface area (Å²) in [7, 11) is 0. The van der Waals surface area contributed by atoms with Crippen LogP contribution in [0, 0.1) is 0 Å². The molecule has 4 heteroatoms. The van der Waals surface area contributed by atoms with E-state index in [0.29, 0.717) is 17.3 Å². The molecular weight excluding hydrogens is 230 g/mol. The molecule has 0 radical (unpaired) electrons. The van der Waals surface area contributed by atoms with E-state index in [2.05, 4.69) is 29.4 Å². The molecule has 3 nitrogen and oxygen atoms in total. The molecule has 0 saturated carbocycles. The maximum Gasteiger partial charge on any atom is 0.188 e. The van der Waals surface area contributed by atoms with E-state index < -0.39 is 0 Å². The van der Waals surface area contributed by atoms with Crippen LogP contribution in [0.25, 0.3) is 0 Å². The minimum atomic E-state index is 0.329. The number of hydrogen-bond donors (Lipinski definition) is 2. The first-order valence-corrected chi connectivity index (χ1v) is 6.74. The van der Waals surface area contributed by atoms with Crippen molar-refractivity contribution in [1.29, 1.82) is 0 Å². The molecule has 17 heavy (non-hydrogen) atoms. The van der Waals surface area contributed by atoms with E-state index in [4.69, 9.17) is 5.73 Å². The number of aliphatic imine (C=N–C) groups is 1.